The van der Waals surface area contributed by atoms with Gasteiger partial charge in [-0.25, -0.2) is 0 Å². The molecule has 2 heterocycles. The summed E-state index contributed by atoms with van der Waals surface area (Å²) >= 11 is 0. The molecule has 0 aromatic rings. The van der Waals surface area contributed by atoms with Crippen LogP contribution in [0, 0.1) is 0 Å². The predicted octanol–water partition coefficient (Wildman–Crippen LogP) is 3.31. The molecule has 3 rings (SSSR count). The highest BCUT2D eigenvalue weighted by Crippen LogP contribution is 2.19. The van der Waals surface area contributed by atoms with E-state index in [1.54, 1.807) is 0 Å². The minimum Gasteiger partial charge on any atom is -0.491 e. The molecule has 1 aliphatic carbocycles. The number of epoxide rings is 2. The predicted molar refractivity (Wildman–Crippen MR) is 89.1 cm³/mol. The van der Waals surface area contributed by atoms with Crippen molar-refractivity contribution in [3.8, 4) is 0 Å². The fraction of sp³-hybridized carbons (Fsp3) is 0.579. The quantitative estimate of drug-likeness (QED) is 0.352. The fourth-order valence-corrected chi connectivity index (χ4v) is 2.38. The van der Waals surface area contributed by atoms with E-state index in [1.807, 2.05) is 13.0 Å². The van der Waals surface area contributed by atoms with Crippen LogP contribution in [0.1, 0.15) is 26.2 Å². The standard InChI is InChI=1S/C19H26O4/c1-2-16(20-11-18-13-22-18)6-4-3-5-15-7-9-17(10-8-15)21-12-19-14-23-19/h2,4,6-9,17-19H,3,5,10-14H2,1H3. The summed E-state index contributed by atoms with van der Waals surface area (Å²) in [5.74, 6) is 0.921. The molecule has 0 spiro atoms. The van der Waals surface area contributed by atoms with E-state index < -0.39 is 0 Å². The van der Waals surface area contributed by atoms with Crippen molar-refractivity contribution in [2.45, 2.75) is 44.5 Å². The second kappa shape index (κ2) is 8.48. The third-order valence-corrected chi connectivity index (χ3v) is 4.04. The van der Waals surface area contributed by atoms with Gasteiger partial charge in [0.2, 0.25) is 0 Å². The summed E-state index contributed by atoms with van der Waals surface area (Å²) in [6, 6.07) is 0. The van der Waals surface area contributed by atoms with E-state index in [4.69, 9.17) is 18.9 Å². The lowest BCUT2D eigenvalue weighted by atomic mass is 10.0. The smallest absolute Gasteiger partial charge is 0.117 e. The molecule has 0 N–H and O–H groups in total. The van der Waals surface area contributed by atoms with Crippen LogP contribution in [0.15, 0.2) is 47.8 Å². The number of allylic oxidation sites excluding steroid dienone is 5. The van der Waals surface area contributed by atoms with Crippen molar-refractivity contribution in [3.63, 3.8) is 0 Å². The third kappa shape index (κ3) is 6.34. The zero-order valence-electron chi connectivity index (χ0n) is 13.8. The van der Waals surface area contributed by atoms with Crippen LogP contribution in [-0.2, 0) is 18.9 Å². The summed E-state index contributed by atoms with van der Waals surface area (Å²) in [6.45, 7) is 5.06. The van der Waals surface area contributed by atoms with Gasteiger partial charge >= 0.3 is 0 Å². The Bertz CT molecular complexity index is 495. The largest absolute Gasteiger partial charge is 0.491 e. The molecular formula is C19H26O4. The van der Waals surface area contributed by atoms with Crippen molar-refractivity contribution < 1.29 is 18.9 Å². The van der Waals surface area contributed by atoms with E-state index in [2.05, 4.69) is 30.4 Å². The van der Waals surface area contributed by atoms with Gasteiger partial charge in [-0.1, -0.05) is 29.9 Å². The van der Waals surface area contributed by atoms with Crippen molar-refractivity contribution in [2.24, 2.45) is 0 Å². The topological polar surface area (TPSA) is 43.5 Å². The van der Waals surface area contributed by atoms with Crippen molar-refractivity contribution >= 4 is 0 Å². The summed E-state index contributed by atoms with van der Waals surface area (Å²) in [7, 11) is 0. The average molecular weight is 318 g/mol. The lowest BCUT2D eigenvalue weighted by molar-refractivity contribution is 0.0730. The lowest BCUT2D eigenvalue weighted by Crippen LogP contribution is -2.15. The Labute approximate surface area is 138 Å². The molecule has 3 atom stereocenters. The first kappa shape index (κ1) is 16.5. The van der Waals surface area contributed by atoms with Gasteiger partial charge < -0.3 is 18.9 Å². The Morgan fingerprint density at radius 3 is 2.70 bits per heavy atom. The van der Waals surface area contributed by atoms with Gasteiger partial charge in [0.05, 0.1) is 25.9 Å². The van der Waals surface area contributed by atoms with Crippen LogP contribution in [0.5, 0.6) is 0 Å². The minimum absolute atomic E-state index is 0.214. The number of hydrogen-bond acceptors (Lipinski definition) is 4. The molecule has 0 aromatic heterocycles. The number of hydrogen-bond donors (Lipinski definition) is 0. The first-order valence-corrected chi connectivity index (χ1v) is 8.51. The van der Waals surface area contributed by atoms with Gasteiger partial charge in [-0.05, 0) is 38.3 Å². The van der Waals surface area contributed by atoms with E-state index in [0.29, 0.717) is 18.8 Å². The third-order valence-electron chi connectivity index (χ3n) is 4.04. The molecule has 2 saturated heterocycles. The van der Waals surface area contributed by atoms with E-state index in [0.717, 1.165) is 44.8 Å². The maximum atomic E-state index is 5.77. The molecule has 0 radical (unpaired) electrons. The molecule has 23 heavy (non-hydrogen) atoms. The molecule has 0 aromatic carbocycles. The van der Waals surface area contributed by atoms with Crippen molar-refractivity contribution in [2.75, 3.05) is 26.4 Å². The molecule has 126 valence electrons. The van der Waals surface area contributed by atoms with Crippen LogP contribution >= 0.6 is 0 Å². The van der Waals surface area contributed by atoms with Gasteiger partial charge in [0.15, 0.2) is 0 Å². The maximum absolute atomic E-state index is 5.77. The van der Waals surface area contributed by atoms with Crippen LogP contribution < -0.4 is 0 Å². The molecule has 4 nitrogen and oxygen atoms in total. The van der Waals surface area contributed by atoms with Crippen LogP contribution in [0.25, 0.3) is 0 Å². The summed E-state index contributed by atoms with van der Waals surface area (Å²) in [5.41, 5.74) is 1.38. The molecule has 3 unspecified atom stereocenters. The van der Waals surface area contributed by atoms with Crippen molar-refractivity contribution in [1.29, 1.82) is 0 Å². The monoisotopic (exact) mass is 318 g/mol. The Morgan fingerprint density at radius 2 is 2.04 bits per heavy atom. The molecule has 3 aliphatic rings. The Morgan fingerprint density at radius 1 is 1.26 bits per heavy atom. The molecule has 2 aliphatic heterocycles. The summed E-state index contributed by atoms with van der Waals surface area (Å²) in [4.78, 5) is 0. The Balaban J connectivity index is 1.30. The van der Waals surface area contributed by atoms with Gasteiger partial charge in [-0.2, -0.15) is 0 Å². The van der Waals surface area contributed by atoms with Gasteiger partial charge in [-0.15, -0.1) is 0 Å². The molecule has 4 heteroatoms. The van der Waals surface area contributed by atoms with Crippen LogP contribution in [0.4, 0.5) is 0 Å². The zero-order valence-corrected chi connectivity index (χ0v) is 13.8. The highest BCUT2D eigenvalue weighted by Gasteiger charge is 2.24. The number of rotatable bonds is 10. The molecular weight excluding hydrogens is 292 g/mol. The fourth-order valence-electron chi connectivity index (χ4n) is 2.38. The van der Waals surface area contributed by atoms with E-state index >= 15 is 0 Å². The molecule has 2 fully saturated rings. The first-order chi connectivity index (χ1) is 11.3. The lowest BCUT2D eigenvalue weighted by Gasteiger charge is -2.16. The Hall–Kier alpha value is -1.36. The minimum atomic E-state index is 0.214. The Kier molecular flexibility index (Phi) is 6.08. The second-order valence-corrected chi connectivity index (χ2v) is 6.10. The van der Waals surface area contributed by atoms with Crippen molar-refractivity contribution in [1.82, 2.24) is 0 Å². The van der Waals surface area contributed by atoms with E-state index in [9.17, 15) is 0 Å². The highest BCUT2D eigenvalue weighted by atomic mass is 16.6. The zero-order chi connectivity index (χ0) is 15.9. The van der Waals surface area contributed by atoms with Crippen molar-refractivity contribution in [3.05, 3.63) is 47.8 Å². The van der Waals surface area contributed by atoms with Crippen LogP contribution in [0.3, 0.4) is 0 Å². The summed E-state index contributed by atoms with van der Waals surface area (Å²) < 4.78 is 21.7. The first-order valence-electron chi connectivity index (χ1n) is 8.51. The van der Waals surface area contributed by atoms with Gasteiger partial charge in [-0.3, -0.25) is 0 Å². The van der Waals surface area contributed by atoms with Crippen LogP contribution in [-0.4, -0.2) is 44.7 Å². The molecule has 0 bridgehead atoms. The van der Waals surface area contributed by atoms with E-state index in [1.165, 1.54) is 5.57 Å². The molecule has 0 amide bonds. The van der Waals surface area contributed by atoms with Gasteiger partial charge in [0.25, 0.3) is 0 Å². The summed E-state index contributed by atoms with van der Waals surface area (Å²) in [5, 5.41) is 0. The average Bonchev–Trinajstić information content (AvgIpc) is 3.48. The highest BCUT2D eigenvalue weighted by molar-refractivity contribution is 5.25. The van der Waals surface area contributed by atoms with Gasteiger partial charge in [0.1, 0.15) is 24.6 Å². The van der Waals surface area contributed by atoms with E-state index in [-0.39, 0.29) is 6.10 Å². The SMILES string of the molecule is CC=C(C=CCCC1=CCC(OCC2CO2)C=C1)OCC1CO1. The van der Waals surface area contributed by atoms with Crippen LogP contribution in [0.2, 0.25) is 0 Å². The molecule has 0 saturated carbocycles. The van der Waals surface area contributed by atoms with Gasteiger partial charge in [0, 0.05) is 0 Å². The normalized spacial score (nSPS) is 29.7. The second-order valence-electron chi connectivity index (χ2n) is 6.10. The maximum Gasteiger partial charge on any atom is 0.117 e. The summed E-state index contributed by atoms with van der Waals surface area (Å²) in [6.07, 6.45) is 16.7. The number of ether oxygens (including phenoxy) is 4.